The minimum absolute atomic E-state index is 0.0990. The van der Waals surface area contributed by atoms with Crippen LogP contribution in [0.3, 0.4) is 0 Å². The summed E-state index contributed by atoms with van der Waals surface area (Å²) in [7, 11) is 3.83. The number of aromatic amines is 1. The Bertz CT molecular complexity index is 876. The normalized spacial score (nSPS) is 10.2. The van der Waals surface area contributed by atoms with E-state index in [0.29, 0.717) is 23.5 Å². The summed E-state index contributed by atoms with van der Waals surface area (Å²) in [5.74, 6) is 0.317. The largest absolute Gasteiger partial charge is 0.376 e. The van der Waals surface area contributed by atoms with Crippen LogP contribution in [0.15, 0.2) is 23.1 Å². The van der Waals surface area contributed by atoms with Gasteiger partial charge in [-0.2, -0.15) is 5.26 Å². The highest BCUT2D eigenvalue weighted by Crippen LogP contribution is 2.16. The molecule has 0 aliphatic carbocycles. The van der Waals surface area contributed by atoms with Crippen molar-refractivity contribution in [2.75, 3.05) is 24.3 Å². The van der Waals surface area contributed by atoms with Crippen LogP contribution >= 0.6 is 0 Å². The molecule has 0 radical (unpaired) electrons. The van der Waals surface area contributed by atoms with Crippen LogP contribution in [0.2, 0.25) is 0 Å². The molecule has 7 nitrogen and oxygen atoms in total. The van der Waals surface area contributed by atoms with Gasteiger partial charge < -0.3 is 15.2 Å². The van der Waals surface area contributed by atoms with Crippen molar-refractivity contribution in [3.8, 4) is 6.07 Å². The molecule has 0 unspecified atom stereocenters. The van der Waals surface area contributed by atoms with Gasteiger partial charge in [0, 0.05) is 26.2 Å². The molecule has 0 atom stereocenters. The number of hydrogen-bond donors (Lipinski definition) is 2. The summed E-state index contributed by atoms with van der Waals surface area (Å²) < 4.78 is 0. The number of aromatic nitrogens is 2. The number of H-pyrrole nitrogens is 1. The first-order chi connectivity index (χ1) is 11.8. The molecule has 0 aromatic carbocycles. The summed E-state index contributed by atoms with van der Waals surface area (Å²) >= 11 is 0. The maximum atomic E-state index is 12.2. The van der Waals surface area contributed by atoms with Crippen molar-refractivity contribution >= 4 is 17.4 Å². The van der Waals surface area contributed by atoms with Crippen molar-refractivity contribution in [3.05, 3.63) is 51.1 Å². The van der Waals surface area contributed by atoms with Crippen LogP contribution in [0.4, 0.5) is 11.5 Å². The third kappa shape index (κ3) is 4.23. The Hall–Kier alpha value is -3.14. The van der Waals surface area contributed by atoms with E-state index in [1.54, 1.807) is 26.1 Å². The number of aryl methyl sites for hydroxylation is 1. The highest BCUT2D eigenvalue weighted by atomic mass is 16.1. The fourth-order valence-corrected chi connectivity index (χ4v) is 2.59. The van der Waals surface area contributed by atoms with E-state index in [1.165, 1.54) is 0 Å². The lowest BCUT2D eigenvalue weighted by atomic mass is 9.99. The Morgan fingerprint density at radius 3 is 2.64 bits per heavy atom. The summed E-state index contributed by atoms with van der Waals surface area (Å²) in [5, 5.41) is 11.8. The molecule has 0 fully saturated rings. The molecule has 0 bridgehead atoms. The fraction of sp³-hybridized carbons (Fsp3) is 0.333. The Morgan fingerprint density at radius 2 is 2.08 bits per heavy atom. The van der Waals surface area contributed by atoms with Gasteiger partial charge in [0.05, 0.1) is 11.9 Å². The first-order valence-electron chi connectivity index (χ1n) is 7.89. The molecule has 2 N–H and O–H groups in total. The first-order valence-corrected chi connectivity index (χ1v) is 7.89. The molecule has 2 rings (SSSR count). The Balaban J connectivity index is 2.05. The lowest BCUT2D eigenvalue weighted by Crippen LogP contribution is -2.18. The SMILES string of the molecule is Cc1[nH]c(=O)c(C#N)c(C)c1CCC(=O)Nc1ccc(N(C)C)cn1. The molecule has 0 saturated carbocycles. The Labute approximate surface area is 146 Å². The number of carbonyl (C=O) groups excluding carboxylic acids is 1. The van der Waals surface area contributed by atoms with Crippen molar-refractivity contribution in [2.24, 2.45) is 0 Å². The molecular weight excluding hydrogens is 318 g/mol. The summed E-state index contributed by atoms with van der Waals surface area (Å²) in [6.07, 6.45) is 2.35. The van der Waals surface area contributed by atoms with E-state index in [4.69, 9.17) is 5.26 Å². The van der Waals surface area contributed by atoms with Crippen LogP contribution in [0, 0.1) is 25.2 Å². The van der Waals surface area contributed by atoms with Gasteiger partial charge >= 0.3 is 0 Å². The standard InChI is InChI=1S/C18H21N5O2/c1-11-14(12(2)21-18(25)15(11)9-19)6-8-17(24)22-16-7-5-13(10-20-16)23(3)4/h5,7,10H,6,8H2,1-4H3,(H,21,25)(H,20,22,24). The summed E-state index contributed by atoms with van der Waals surface area (Å²) in [6.45, 7) is 3.50. The van der Waals surface area contributed by atoms with Crippen LogP contribution in [0.25, 0.3) is 0 Å². The van der Waals surface area contributed by atoms with Gasteiger partial charge in [-0.1, -0.05) is 0 Å². The van der Waals surface area contributed by atoms with Gasteiger partial charge in [-0.25, -0.2) is 4.98 Å². The first kappa shape index (κ1) is 18.2. The van der Waals surface area contributed by atoms with E-state index in [0.717, 1.165) is 11.3 Å². The van der Waals surface area contributed by atoms with Crippen molar-refractivity contribution in [1.29, 1.82) is 5.26 Å². The maximum absolute atomic E-state index is 12.2. The second-order valence-electron chi connectivity index (χ2n) is 6.01. The van der Waals surface area contributed by atoms with Crippen LogP contribution in [-0.4, -0.2) is 30.0 Å². The number of rotatable bonds is 5. The number of anilines is 2. The molecule has 0 saturated heterocycles. The van der Waals surface area contributed by atoms with Crippen LogP contribution in [0.1, 0.15) is 28.8 Å². The molecule has 2 aromatic heterocycles. The lowest BCUT2D eigenvalue weighted by Gasteiger charge is -2.13. The molecule has 2 aromatic rings. The zero-order valence-corrected chi connectivity index (χ0v) is 14.8. The monoisotopic (exact) mass is 339 g/mol. The van der Waals surface area contributed by atoms with E-state index in [2.05, 4.69) is 15.3 Å². The quantitative estimate of drug-likeness (QED) is 0.866. The number of nitriles is 1. The third-order valence-electron chi connectivity index (χ3n) is 4.05. The predicted octanol–water partition coefficient (Wildman–Crippen LogP) is 1.90. The van der Waals surface area contributed by atoms with Crippen LogP contribution in [-0.2, 0) is 11.2 Å². The number of amides is 1. The van der Waals surface area contributed by atoms with Gasteiger partial charge in [0.2, 0.25) is 5.91 Å². The minimum Gasteiger partial charge on any atom is -0.376 e. The predicted molar refractivity (Wildman–Crippen MR) is 96.8 cm³/mol. The van der Waals surface area contributed by atoms with Gasteiger partial charge in [0.15, 0.2) is 0 Å². The molecule has 1 amide bonds. The van der Waals surface area contributed by atoms with E-state index in [-0.39, 0.29) is 17.9 Å². The highest BCUT2D eigenvalue weighted by Gasteiger charge is 2.13. The average molecular weight is 339 g/mol. The molecule has 0 spiro atoms. The molecule has 0 aliphatic rings. The Morgan fingerprint density at radius 1 is 1.36 bits per heavy atom. The topological polar surface area (TPSA) is 102 Å². The van der Waals surface area contributed by atoms with Crippen molar-refractivity contribution < 1.29 is 4.79 Å². The van der Waals surface area contributed by atoms with Crippen molar-refractivity contribution in [3.63, 3.8) is 0 Å². The van der Waals surface area contributed by atoms with Crippen molar-refractivity contribution in [1.82, 2.24) is 9.97 Å². The van der Waals surface area contributed by atoms with Crippen molar-refractivity contribution in [2.45, 2.75) is 26.7 Å². The van der Waals surface area contributed by atoms with E-state index in [1.807, 2.05) is 31.1 Å². The van der Waals surface area contributed by atoms with E-state index < -0.39 is 5.56 Å². The summed E-state index contributed by atoms with van der Waals surface area (Å²) in [6, 6.07) is 5.54. The van der Waals surface area contributed by atoms with Crippen LogP contribution < -0.4 is 15.8 Å². The smallest absolute Gasteiger partial charge is 0.266 e. The molecule has 130 valence electrons. The fourth-order valence-electron chi connectivity index (χ4n) is 2.59. The molecule has 7 heteroatoms. The summed E-state index contributed by atoms with van der Waals surface area (Å²) in [4.78, 5) is 32.7. The number of nitrogens with one attached hydrogen (secondary N) is 2. The number of pyridine rings is 2. The average Bonchev–Trinajstić information content (AvgIpc) is 2.55. The van der Waals surface area contributed by atoms with Gasteiger partial charge in [0.1, 0.15) is 17.5 Å². The lowest BCUT2D eigenvalue weighted by molar-refractivity contribution is -0.116. The van der Waals surface area contributed by atoms with E-state index >= 15 is 0 Å². The molecule has 2 heterocycles. The molecule has 25 heavy (non-hydrogen) atoms. The highest BCUT2D eigenvalue weighted by molar-refractivity contribution is 5.90. The number of carbonyl (C=O) groups is 1. The van der Waals surface area contributed by atoms with Gasteiger partial charge in [-0.15, -0.1) is 0 Å². The van der Waals surface area contributed by atoms with Gasteiger partial charge in [0.25, 0.3) is 5.56 Å². The third-order valence-corrected chi connectivity index (χ3v) is 4.05. The van der Waals surface area contributed by atoms with Gasteiger partial charge in [-0.3, -0.25) is 9.59 Å². The Kier molecular flexibility index (Phi) is 5.55. The molecule has 0 aliphatic heterocycles. The minimum atomic E-state index is -0.393. The number of hydrogen-bond acceptors (Lipinski definition) is 5. The second-order valence-corrected chi connectivity index (χ2v) is 6.01. The maximum Gasteiger partial charge on any atom is 0.266 e. The van der Waals surface area contributed by atoms with Crippen LogP contribution in [0.5, 0.6) is 0 Å². The zero-order valence-electron chi connectivity index (χ0n) is 14.8. The summed E-state index contributed by atoms with van der Waals surface area (Å²) in [5.41, 5.74) is 2.79. The van der Waals surface area contributed by atoms with Gasteiger partial charge in [-0.05, 0) is 43.5 Å². The number of nitrogens with zero attached hydrogens (tertiary/aromatic N) is 3. The molecular formula is C18H21N5O2. The zero-order chi connectivity index (χ0) is 18.6. The second kappa shape index (κ2) is 7.62. The van der Waals surface area contributed by atoms with E-state index in [9.17, 15) is 9.59 Å².